The number of hydrogen-bond acceptors (Lipinski definition) is 5. The Morgan fingerprint density at radius 1 is 1.03 bits per heavy atom. The summed E-state index contributed by atoms with van der Waals surface area (Å²) in [7, 11) is 0. The first-order valence-electron chi connectivity index (χ1n) is 12.2. The van der Waals surface area contributed by atoms with Crippen molar-refractivity contribution in [3.8, 4) is 0 Å². The van der Waals surface area contributed by atoms with Gasteiger partial charge in [-0.2, -0.15) is 0 Å². The number of rotatable bonds is 8. The van der Waals surface area contributed by atoms with Gasteiger partial charge in [0.05, 0.1) is 0 Å². The van der Waals surface area contributed by atoms with Gasteiger partial charge >= 0.3 is 0 Å². The number of carbonyl (C=O) groups is 3. The number of likely N-dealkylation sites (tertiary alicyclic amines) is 1. The van der Waals surface area contributed by atoms with Crippen LogP contribution in [0.15, 0.2) is 53.4 Å². The predicted molar refractivity (Wildman–Crippen MR) is 141 cm³/mol. The Bertz CT molecular complexity index is 1050. The van der Waals surface area contributed by atoms with Crippen LogP contribution in [0.25, 0.3) is 0 Å². The molecule has 2 aromatic rings. The standard InChI is InChI=1S/C27H35FN4O3S/c1-18(33)32-15-13-19(14-16-32)17-24(30-25(34)20-5-7-21(28)8-6-20)26(35)29-22-9-11-23(12-10-22)36-31-27(2,3)4/h5-12,19,24,31H,13-17H2,1-4H3,(H,29,35)(H,30,34). The first kappa shape index (κ1) is 27.7. The molecular weight excluding hydrogens is 479 g/mol. The third kappa shape index (κ3) is 8.64. The van der Waals surface area contributed by atoms with Crippen molar-refractivity contribution in [2.75, 3.05) is 18.4 Å². The highest BCUT2D eigenvalue weighted by atomic mass is 32.2. The zero-order valence-electron chi connectivity index (χ0n) is 21.3. The molecule has 2 aromatic carbocycles. The van der Waals surface area contributed by atoms with Gasteiger partial charge in [0.1, 0.15) is 11.9 Å². The van der Waals surface area contributed by atoms with Gasteiger partial charge in [0.2, 0.25) is 11.8 Å². The Labute approximate surface area is 216 Å². The van der Waals surface area contributed by atoms with Crippen molar-refractivity contribution in [3.05, 3.63) is 59.9 Å². The fourth-order valence-electron chi connectivity index (χ4n) is 3.94. The fraction of sp³-hybridized carbons (Fsp3) is 0.444. The van der Waals surface area contributed by atoms with E-state index in [1.54, 1.807) is 11.8 Å². The maximum absolute atomic E-state index is 13.3. The molecule has 1 aliphatic heterocycles. The van der Waals surface area contributed by atoms with Gasteiger partial charge in [-0.15, -0.1) is 0 Å². The normalized spacial score (nSPS) is 15.3. The van der Waals surface area contributed by atoms with Gasteiger partial charge in [-0.05, 0) is 106 Å². The summed E-state index contributed by atoms with van der Waals surface area (Å²) in [4.78, 5) is 40.6. The first-order chi connectivity index (χ1) is 17.0. The van der Waals surface area contributed by atoms with Crippen LogP contribution in [-0.2, 0) is 9.59 Å². The highest BCUT2D eigenvalue weighted by molar-refractivity contribution is 7.97. The molecule has 36 heavy (non-hydrogen) atoms. The molecule has 0 spiro atoms. The Kier molecular flexibility index (Phi) is 9.50. The van der Waals surface area contributed by atoms with Gasteiger partial charge in [0.25, 0.3) is 5.91 Å². The molecule has 3 amide bonds. The van der Waals surface area contributed by atoms with Crippen LogP contribution in [0.1, 0.15) is 57.3 Å². The third-order valence-electron chi connectivity index (χ3n) is 5.95. The summed E-state index contributed by atoms with van der Waals surface area (Å²) >= 11 is 1.52. The minimum Gasteiger partial charge on any atom is -0.343 e. The van der Waals surface area contributed by atoms with Gasteiger partial charge in [-0.25, -0.2) is 4.39 Å². The van der Waals surface area contributed by atoms with E-state index < -0.39 is 17.8 Å². The number of amides is 3. The number of hydrogen-bond donors (Lipinski definition) is 3. The highest BCUT2D eigenvalue weighted by Gasteiger charge is 2.28. The Hall–Kier alpha value is -2.91. The van der Waals surface area contributed by atoms with Crippen molar-refractivity contribution in [1.29, 1.82) is 0 Å². The van der Waals surface area contributed by atoms with E-state index >= 15 is 0 Å². The Morgan fingerprint density at radius 2 is 1.64 bits per heavy atom. The Balaban J connectivity index is 1.67. The topological polar surface area (TPSA) is 90.5 Å². The predicted octanol–water partition coefficient (Wildman–Crippen LogP) is 4.61. The first-order valence-corrected chi connectivity index (χ1v) is 13.0. The molecule has 0 aliphatic carbocycles. The molecule has 3 N–H and O–H groups in total. The van der Waals surface area contributed by atoms with Crippen LogP contribution in [-0.4, -0.2) is 47.3 Å². The maximum Gasteiger partial charge on any atom is 0.251 e. The minimum absolute atomic E-state index is 0.0337. The number of piperidine rings is 1. The summed E-state index contributed by atoms with van der Waals surface area (Å²) in [6.45, 7) is 9.09. The lowest BCUT2D eigenvalue weighted by Crippen LogP contribution is -2.46. The van der Waals surface area contributed by atoms with E-state index in [1.165, 1.54) is 36.2 Å². The molecule has 0 radical (unpaired) electrons. The smallest absolute Gasteiger partial charge is 0.251 e. The summed E-state index contributed by atoms with van der Waals surface area (Å²) in [6.07, 6.45) is 1.99. The van der Waals surface area contributed by atoms with E-state index in [9.17, 15) is 18.8 Å². The summed E-state index contributed by atoms with van der Waals surface area (Å²) in [5.74, 6) is -0.944. The monoisotopic (exact) mass is 514 g/mol. The van der Waals surface area contributed by atoms with Crippen LogP contribution in [0.5, 0.6) is 0 Å². The van der Waals surface area contributed by atoms with Crippen molar-refractivity contribution in [2.24, 2.45) is 5.92 Å². The SMILES string of the molecule is CC(=O)N1CCC(CC(NC(=O)c2ccc(F)cc2)C(=O)Nc2ccc(SNC(C)(C)C)cc2)CC1. The molecule has 0 saturated carbocycles. The summed E-state index contributed by atoms with van der Waals surface area (Å²) in [6, 6.07) is 12.0. The summed E-state index contributed by atoms with van der Waals surface area (Å²) in [5.41, 5.74) is 0.884. The van der Waals surface area contributed by atoms with Gasteiger partial charge in [-0.1, -0.05) is 0 Å². The van der Waals surface area contributed by atoms with Crippen LogP contribution >= 0.6 is 11.9 Å². The fourth-order valence-corrected chi connectivity index (χ4v) is 4.64. The van der Waals surface area contributed by atoms with Crippen LogP contribution in [0.3, 0.4) is 0 Å². The second kappa shape index (κ2) is 12.4. The number of nitrogens with one attached hydrogen (secondary N) is 3. The zero-order chi connectivity index (χ0) is 26.3. The molecule has 1 unspecified atom stereocenters. The van der Waals surface area contributed by atoms with Crippen LogP contribution in [0.2, 0.25) is 0 Å². The van der Waals surface area contributed by atoms with Crippen LogP contribution < -0.4 is 15.4 Å². The lowest BCUT2D eigenvalue weighted by Gasteiger charge is -2.33. The molecule has 1 heterocycles. The van der Waals surface area contributed by atoms with E-state index in [0.29, 0.717) is 25.2 Å². The minimum atomic E-state index is -0.770. The third-order valence-corrected chi connectivity index (χ3v) is 7.18. The largest absolute Gasteiger partial charge is 0.343 e. The van der Waals surface area contributed by atoms with Crippen molar-refractivity contribution < 1.29 is 18.8 Å². The molecular formula is C27H35FN4O3S. The lowest BCUT2D eigenvalue weighted by atomic mass is 9.89. The van der Waals surface area contributed by atoms with E-state index in [4.69, 9.17) is 0 Å². The quantitative estimate of drug-likeness (QED) is 0.448. The molecule has 0 bridgehead atoms. The number of benzene rings is 2. The summed E-state index contributed by atoms with van der Waals surface area (Å²) < 4.78 is 16.6. The van der Waals surface area contributed by atoms with E-state index in [-0.39, 0.29) is 28.8 Å². The molecule has 3 rings (SSSR count). The number of nitrogens with zero attached hydrogens (tertiary/aromatic N) is 1. The van der Waals surface area contributed by atoms with Crippen LogP contribution in [0.4, 0.5) is 10.1 Å². The maximum atomic E-state index is 13.3. The lowest BCUT2D eigenvalue weighted by molar-refractivity contribution is -0.130. The van der Waals surface area contributed by atoms with Gasteiger partial charge in [0, 0.05) is 41.7 Å². The average Bonchev–Trinajstić information content (AvgIpc) is 2.83. The van der Waals surface area contributed by atoms with E-state index in [1.807, 2.05) is 24.3 Å². The number of halogens is 1. The second-order valence-corrected chi connectivity index (χ2v) is 11.1. The second-order valence-electron chi connectivity index (χ2n) is 10.2. The van der Waals surface area contributed by atoms with Gasteiger partial charge in [0.15, 0.2) is 0 Å². The highest BCUT2D eigenvalue weighted by Crippen LogP contribution is 2.24. The number of carbonyl (C=O) groups excluding carboxylic acids is 3. The number of anilines is 1. The van der Waals surface area contributed by atoms with Crippen molar-refractivity contribution in [2.45, 2.75) is 63.4 Å². The van der Waals surface area contributed by atoms with Crippen molar-refractivity contribution >= 4 is 35.4 Å². The molecule has 7 nitrogen and oxygen atoms in total. The molecule has 1 atom stereocenters. The molecule has 0 aromatic heterocycles. The average molecular weight is 515 g/mol. The van der Waals surface area contributed by atoms with Crippen LogP contribution in [0, 0.1) is 11.7 Å². The molecule has 194 valence electrons. The van der Waals surface area contributed by atoms with Gasteiger partial charge in [-0.3, -0.25) is 19.1 Å². The van der Waals surface area contributed by atoms with Crippen molar-refractivity contribution in [1.82, 2.24) is 14.9 Å². The van der Waals surface area contributed by atoms with E-state index in [0.717, 1.165) is 17.7 Å². The Morgan fingerprint density at radius 3 is 2.19 bits per heavy atom. The van der Waals surface area contributed by atoms with Crippen molar-refractivity contribution in [3.63, 3.8) is 0 Å². The summed E-state index contributed by atoms with van der Waals surface area (Å²) in [5, 5.41) is 5.75. The van der Waals surface area contributed by atoms with Gasteiger partial charge < -0.3 is 15.5 Å². The molecule has 1 aliphatic rings. The molecule has 9 heteroatoms. The molecule has 1 saturated heterocycles. The van der Waals surface area contributed by atoms with E-state index in [2.05, 4.69) is 36.1 Å². The molecule has 1 fully saturated rings. The zero-order valence-corrected chi connectivity index (χ0v) is 22.1.